The van der Waals surface area contributed by atoms with Crippen LogP contribution in [0.4, 0.5) is 5.69 Å². The molecule has 0 bridgehead atoms. The second-order valence-corrected chi connectivity index (χ2v) is 5.38. The van der Waals surface area contributed by atoms with Crippen molar-refractivity contribution in [3.05, 3.63) is 65.2 Å². The van der Waals surface area contributed by atoms with Crippen LogP contribution in [0.2, 0.25) is 0 Å². The molecule has 1 atom stereocenters. The molecule has 0 radical (unpaired) electrons. The van der Waals surface area contributed by atoms with Gasteiger partial charge < -0.3 is 4.90 Å². The molecule has 0 saturated heterocycles. The summed E-state index contributed by atoms with van der Waals surface area (Å²) in [4.78, 5) is 14.5. The molecule has 2 nitrogen and oxygen atoms in total. The molecule has 1 amide bonds. The summed E-state index contributed by atoms with van der Waals surface area (Å²) in [5.74, 6) is 0.138. The lowest BCUT2D eigenvalue weighted by atomic mass is 9.77. The minimum absolute atomic E-state index is 0.138. The van der Waals surface area contributed by atoms with Crippen LogP contribution in [0, 0.1) is 6.92 Å². The second-order valence-electron chi connectivity index (χ2n) is 5.38. The van der Waals surface area contributed by atoms with E-state index in [1.54, 1.807) is 4.90 Å². The van der Waals surface area contributed by atoms with Crippen LogP contribution in [0.5, 0.6) is 0 Å². The summed E-state index contributed by atoms with van der Waals surface area (Å²) in [6, 6.07) is 16.3. The van der Waals surface area contributed by atoms with Crippen molar-refractivity contribution in [2.24, 2.45) is 0 Å². The lowest BCUT2D eigenvalue weighted by molar-refractivity contribution is -0.121. The number of aryl methyl sites for hydroxylation is 1. The van der Waals surface area contributed by atoms with Gasteiger partial charge in [0, 0.05) is 12.7 Å². The molecule has 0 spiro atoms. The topological polar surface area (TPSA) is 20.3 Å². The number of hydrogen-bond acceptors (Lipinski definition) is 1. The van der Waals surface area contributed by atoms with E-state index < -0.39 is 5.41 Å². The summed E-state index contributed by atoms with van der Waals surface area (Å²) in [6.45, 7) is 4.07. The van der Waals surface area contributed by atoms with Crippen molar-refractivity contribution in [3.63, 3.8) is 0 Å². The monoisotopic (exact) mass is 251 g/mol. The summed E-state index contributed by atoms with van der Waals surface area (Å²) in [5.41, 5.74) is 3.78. The summed E-state index contributed by atoms with van der Waals surface area (Å²) in [7, 11) is 1.86. The molecule has 0 unspecified atom stereocenters. The Bertz CT molecular complexity index is 648. The zero-order valence-corrected chi connectivity index (χ0v) is 11.5. The normalized spacial score (nSPS) is 21.6. The molecule has 1 heterocycles. The van der Waals surface area contributed by atoms with Crippen LogP contribution in [0.25, 0.3) is 0 Å². The Labute approximate surface area is 113 Å². The van der Waals surface area contributed by atoms with Crippen LogP contribution in [0.15, 0.2) is 48.5 Å². The molecule has 0 aliphatic carbocycles. The van der Waals surface area contributed by atoms with Crippen LogP contribution >= 0.6 is 0 Å². The highest BCUT2D eigenvalue weighted by Gasteiger charge is 2.47. The SMILES string of the molecule is Cc1ccc2c(c1)N(C)C(=O)[C@@]2(C)c1ccccc1. The molecule has 96 valence electrons. The van der Waals surface area contributed by atoms with Gasteiger partial charge in [0.1, 0.15) is 0 Å². The molecular formula is C17H17NO. The Hall–Kier alpha value is -2.09. The average Bonchev–Trinajstić information content (AvgIpc) is 2.63. The van der Waals surface area contributed by atoms with Crippen molar-refractivity contribution in [1.29, 1.82) is 0 Å². The molecule has 0 fully saturated rings. The first-order chi connectivity index (χ1) is 9.05. The van der Waals surface area contributed by atoms with E-state index in [4.69, 9.17) is 0 Å². The molecule has 19 heavy (non-hydrogen) atoms. The number of carbonyl (C=O) groups excluding carboxylic acids is 1. The van der Waals surface area contributed by atoms with Gasteiger partial charge in [-0.25, -0.2) is 0 Å². The van der Waals surface area contributed by atoms with Gasteiger partial charge in [0.15, 0.2) is 0 Å². The summed E-state index contributed by atoms with van der Waals surface area (Å²) >= 11 is 0. The van der Waals surface area contributed by atoms with E-state index >= 15 is 0 Å². The molecule has 0 aromatic heterocycles. The fraction of sp³-hybridized carbons (Fsp3) is 0.235. The highest BCUT2D eigenvalue weighted by atomic mass is 16.2. The molecule has 1 aliphatic heterocycles. The largest absolute Gasteiger partial charge is 0.314 e. The summed E-state index contributed by atoms with van der Waals surface area (Å²) in [6.07, 6.45) is 0. The molecule has 2 aromatic carbocycles. The van der Waals surface area contributed by atoms with Gasteiger partial charge in [-0.2, -0.15) is 0 Å². The number of hydrogen-bond donors (Lipinski definition) is 0. The molecule has 3 rings (SSSR count). The van der Waals surface area contributed by atoms with Crippen molar-refractivity contribution < 1.29 is 4.79 Å². The van der Waals surface area contributed by atoms with Crippen LogP contribution in [-0.4, -0.2) is 13.0 Å². The van der Waals surface area contributed by atoms with E-state index in [0.29, 0.717) is 0 Å². The van der Waals surface area contributed by atoms with Gasteiger partial charge in [-0.3, -0.25) is 4.79 Å². The summed E-state index contributed by atoms with van der Waals surface area (Å²) in [5, 5.41) is 0. The van der Waals surface area contributed by atoms with E-state index in [2.05, 4.69) is 25.1 Å². The van der Waals surface area contributed by atoms with E-state index in [1.165, 1.54) is 5.56 Å². The Morgan fingerprint density at radius 1 is 1.05 bits per heavy atom. The number of fused-ring (bicyclic) bond motifs is 1. The Balaban J connectivity index is 2.27. The lowest BCUT2D eigenvalue weighted by Gasteiger charge is -2.23. The Morgan fingerprint density at radius 3 is 2.42 bits per heavy atom. The maximum absolute atomic E-state index is 12.7. The number of rotatable bonds is 1. The third-order valence-electron chi connectivity index (χ3n) is 4.14. The number of carbonyl (C=O) groups is 1. The number of amides is 1. The lowest BCUT2D eigenvalue weighted by Crippen LogP contribution is -2.36. The molecular weight excluding hydrogens is 234 g/mol. The quantitative estimate of drug-likeness (QED) is 0.761. The van der Waals surface area contributed by atoms with Gasteiger partial charge in [-0.15, -0.1) is 0 Å². The van der Waals surface area contributed by atoms with E-state index in [1.807, 2.05) is 44.3 Å². The number of anilines is 1. The third kappa shape index (κ3) is 1.53. The van der Waals surface area contributed by atoms with E-state index in [0.717, 1.165) is 16.8 Å². The fourth-order valence-electron chi connectivity index (χ4n) is 2.95. The zero-order chi connectivity index (χ0) is 13.6. The second kappa shape index (κ2) is 3.95. The average molecular weight is 251 g/mol. The molecule has 1 aliphatic rings. The van der Waals surface area contributed by atoms with Gasteiger partial charge in [0.05, 0.1) is 5.41 Å². The maximum Gasteiger partial charge on any atom is 0.241 e. The Kier molecular flexibility index (Phi) is 2.49. The van der Waals surface area contributed by atoms with Crippen molar-refractivity contribution in [3.8, 4) is 0 Å². The van der Waals surface area contributed by atoms with Crippen LogP contribution in [0.3, 0.4) is 0 Å². The van der Waals surface area contributed by atoms with E-state index in [-0.39, 0.29) is 5.91 Å². The highest BCUT2D eigenvalue weighted by Crippen LogP contribution is 2.45. The predicted octanol–water partition coefficient (Wildman–Crippen LogP) is 3.28. The van der Waals surface area contributed by atoms with Crippen LogP contribution in [-0.2, 0) is 10.2 Å². The van der Waals surface area contributed by atoms with Gasteiger partial charge in [-0.1, -0.05) is 42.5 Å². The molecule has 2 heteroatoms. The minimum Gasteiger partial charge on any atom is -0.314 e. The number of nitrogens with zero attached hydrogens (tertiary/aromatic N) is 1. The van der Waals surface area contributed by atoms with Gasteiger partial charge >= 0.3 is 0 Å². The standard InChI is InChI=1S/C17H17NO/c1-12-9-10-14-15(11-12)18(3)16(19)17(14,2)13-7-5-4-6-8-13/h4-11H,1-3H3/t17-/m0/s1. The fourth-order valence-corrected chi connectivity index (χ4v) is 2.95. The highest BCUT2D eigenvalue weighted by molar-refractivity contribution is 6.09. The van der Waals surface area contributed by atoms with Crippen molar-refractivity contribution >= 4 is 11.6 Å². The minimum atomic E-state index is -0.570. The first kappa shape index (κ1) is 12.0. The van der Waals surface area contributed by atoms with Crippen LogP contribution < -0.4 is 4.90 Å². The van der Waals surface area contributed by atoms with Gasteiger partial charge in [0.25, 0.3) is 0 Å². The number of likely N-dealkylation sites (N-methyl/N-ethyl adjacent to an activating group) is 1. The smallest absolute Gasteiger partial charge is 0.241 e. The van der Waals surface area contributed by atoms with Gasteiger partial charge in [-0.05, 0) is 36.6 Å². The van der Waals surface area contributed by atoms with Crippen LogP contribution in [0.1, 0.15) is 23.6 Å². The Morgan fingerprint density at radius 2 is 1.74 bits per heavy atom. The first-order valence-electron chi connectivity index (χ1n) is 6.50. The first-order valence-corrected chi connectivity index (χ1v) is 6.50. The van der Waals surface area contributed by atoms with Crippen molar-refractivity contribution in [2.75, 3.05) is 11.9 Å². The maximum atomic E-state index is 12.7. The zero-order valence-electron chi connectivity index (χ0n) is 11.5. The predicted molar refractivity (Wildman–Crippen MR) is 77.5 cm³/mol. The molecule has 0 N–H and O–H groups in total. The summed E-state index contributed by atoms with van der Waals surface area (Å²) < 4.78 is 0. The number of benzene rings is 2. The third-order valence-corrected chi connectivity index (χ3v) is 4.14. The van der Waals surface area contributed by atoms with E-state index in [9.17, 15) is 4.79 Å². The van der Waals surface area contributed by atoms with Crippen molar-refractivity contribution in [2.45, 2.75) is 19.3 Å². The molecule has 0 saturated carbocycles. The molecule has 2 aromatic rings. The van der Waals surface area contributed by atoms with Gasteiger partial charge in [0.2, 0.25) is 5.91 Å². The van der Waals surface area contributed by atoms with Crippen molar-refractivity contribution in [1.82, 2.24) is 0 Å².